The summed E-state index contributed by atoms with van der Waals surface area (Å²) in [7, 11) is 0. The molecule has 0 fully saturated rings. The van der Waals surface area contributed by atoms with Crippen LogP contribution in [0.15, 0.2) is 46.9 Å². The number of hydrogen-bond donors (Lipinski definition) is 1. The molecule has 2 aromatic rings. The third kappa shape index (κ3) is 4.48. The van der Waals surface area contributed by atoms with Crippen LogP contribution in [0.1, 0.15) is 46.4 Å². The molecule has 1 amide bonds. The van der Waals surface area contributed by atoms with Crippen LogP contribution in [0.25, 0.3) is 0 Å². The third-order valence-corrected chi connectivity index (χ3v) is 4.94. The lowest BCUT2D eigenvalue weighted by Crippen LogP contribution is -2.31. The van der Waals surface area contributed by atoms with Gasteiger partial charge in [0.2, 0.25) is 0 Å². The molecular weight excluding hydrogens is 382 g/mol. The fourth-order valence-corrected chi connectivity index (χ4v) is 3.30. The van der Waals surface area contributed by atoms with Crippen molar-refractivity contribution in [2.75, 3.05) is 6.61 Å². The highest BCUT2D eigenvalue weighted by atomic mass is 79.9. The van der Waals surface area contributed by atoms with Gasteiger partial charge in [-0.15, -0.1) is 0 Å². The molecule has 25 heavy (non-hydrogen) atoms. The van der Waals surface area contributed by atoms with Crippen molar-refractivity contribution in [3.8, 4) is 0 Å². The maximum atomic E-state index is 12.1. The zero-order valence-corrected chi connectivity index (χ0v) is 15.6. The van der Waals surface area contributed by atoms with Gasteiger partial charge in [-0.3, -0.25) is 4.79 Å². The van der Waals surface area contributed by atoms with E-state index in [4.69, 9.17) is 4.74 Å². The number of benzene rings is 2. The van der Waals surface area contributed by atoms with E-state index in [9.17, 15) is 9.59 Å². The van der Waals surface area contributed by atoms with Gasteiger partial charge in [-0.25, -0.2) is 4.79 Å². The van der Waals surface area contributed by atoms with Crippen molar-refractivity contribution in [1.29, 1.82) is 0 Å². The first-order chi connectivity index (χ1) is 12.0. The molecule has 0 saturated heterocycles. The second-order valence-electron chi connectivity index (χ2n) is 6.25. The van der Waals surface area contributed by atoms with Crippen LogP contribution in [0, 0.1) is 0 Å². The number of rotatable bonds is 5. The fourth-order valence-electron chi connectivity index (χ4n) is 3.03. The van der Waals surface area contributed by atoms with Gasteiger partial charge in [-0.1, -0.05) is 34.1 Å². The number of amides is 1. The molecule has 1 aliphatic rings. The first-order valence-electron chi connectivity index (χ1n) is 8.36. The Morgan fingerprint density at radius 1 is 1.12 bits per heavy atom. The van der Waals surface area contributed by atoms with Gasteiger partial charge in [0.15, 0.2) is 6.61 Å². The Kier molecular flexibility index (Phi) is 5.53. The minimum absolute atomic E-state index is 0.153. The van der Waals surface area contributed by atoms with E-state index in [0.717, 1.165) is 29.3 Å². The Bertz CT molecular complexity index is 786. The fraction of sp³-hybridized carbons (Fsp3) is 0.300. The minimum atomic E-state index is -0.457. The van der Waals surface area contributed by atoms with Crippen molar-refractivity contribution in [3.05, 3.63) is 69.2 Å². The number of esters is 1. The van der Waals surface area contributed by atoms with Crippen molar-refractivity contribution < 1.29 is 14.3 Å². The Morgan fingerprint density at radius 2 is 1.84 bits per heavy atom. The molecule has 4 nitrogen and oxygen atoms in total. The highest BCUT2D eigenvalue weighted by molar-refractivity contribution is 9.10. The van der Waals surface area contributed by atoms with Crippen molar-refractivity contribution in [3.63, 3.8) is 0 Å². The summed E-state index contributed by atoms with van der Waals surface area (Å²) in [5.41, 5.74) is 4.01. The van der Waals surface area contributed by atoms with E-state index >= 15 is 0 Å². The summed E-state index contributed by atoms with van der Waals surface area (Å²) >= 11 is 3.38. The van der Waals surface area contributed by atoms with Crippen molar-refractivity contribution in [2.45, 2.75) is 32.2 Å². The topological polar surface area (TPSA) is 55.4 Å². The Hall–Kier alpha value is -2.14. The van der Waals surface area contributed by atoms with Gasteiger partial charge in [-0.2, -0.15) is 0 Å². The van der Waals surface area contributed by atoms with Crippen molar-refractivity contribution in [1.82, 2.24) is 5.32 Å². The van der Waals surface area contributed by atoms with Crippen LogP contribution in [-0.4, -0.2) is 18.5 Å². The lowest BCUT2D eigenvalue weighted by molar-refractivity contribution is -0.124. The van der Waals surface area contributed by atoms with Gasteiger partial charge < -0.3 is 10.1 Å². The molecule has 1 N–H and O–H groups in total. The summed E-state index contributed by atoms with van der Waals surface area (Å²) in [5.74, 6) is -0.772. The molecule has 1 atom stereocenters. The number of fused-ring (bicyclic) bond motifs is 1. The molecule has 0 aliphatic heterocycles. The molecule has 0 saturated carbocycles. The van der Waals surface area contributed by atoms with Crippen LogP contribution in [0.2, 0.25) is 0 Å². The molecule has 0 unspecified atom stereocenters. The SMILES string of the molecule is C[C@@H](NC(=O)COC(=O)c1ccc2c(c1)CCC2)c1ccc(Br)cc1. The molecule has 0 aromatic heterocycles. The number of halogens is 1. The van der Waals surface area contributed by atoms with Gasteiger partial charge in [0, 0.05) is 4.47 Å². The average Bonchev–Trinajstić information content (AvgIpc) is 3.07. The molecule has 0 heterocycles. The molecule has 130 valence electrons. The molecular formula is C20H20BrNO3. The molecule has 1 aliphatic carbocycles. The van der Waals surface area contributed by atoms with Crippen LogP contribution in [-0.2, 0) is 22.4 Å². The lowest BCUT2D eigenvalue weighted by atomic mass is 10.1. The second-order valence-corrected chi connectivity index (χ2v) is 7.17. The van der Waals surface area contributed by atoms with Gasteiger partial charge >= 0.3 is 5.97 Å². The normalized spacial score (nSPS) is 13.8. The van der Waals surface area contributed by atoms with Crippen LogP contribution in [0.4, 0.5) is 0 Å². The molecule has 0 radical (unpaired) electrons. The molecule has 5 heteroatoms. The highest BCUT2D eigenvalue weighted by Crippen LogP contribution is 2.23. The molecule has 0 bridgehead atoms. The van der Waals surface area contributed by atoms with Crippen LogP contribution >= 0.6 is 15.9 Å². The number of ether oxygens (including phenoxy) is 1. The lowest BCUT2D eigenvalue weighted by Gasteiger charge is -2.14. The van der Waals surface area contributed by atoms with E-state index in [1.165, 1.54) is 11.1 Å². The van der Waals surface area contributed by atoms with E-state index in [1.54, 1.807) is 6.07 Å². The molecule has 3 rings (SSSR count). The van der Waals surface area contributed by atoms with Gasteiger partial charge in [-0.05, 0) is 67.1 Å². The minimum Gasteiger partial charge on any atom is -0.452 e. The van der Waals surface area contributed by atoms with Crippen LogP contribution in [0.5, 0.6) is 0 Å². The number of carbonyl (C=O) groups is 2. The average molecular weight is 402 g/mol. The van der Waals surface area contributed by atoms with E-state index in [1.807, 2.05) is 43.3 Å². The molecule has 2 aromatic carbocycles. The predicted molar refractivity (Wildman–Crippen MR) is 99.4 cm³/mol. The second kappa shape index (κ2) is 7.83. The van der Waals surface area contributed by atoms with E-state index in [-0.39, 0.29) is 18.6 Å². The Balaban J connectivity index is 1.51. The van der Waals surface area contributed by atoms with Gasteiger partial charge in [0.25, 0.3) is 5.91 Å². The maximum Gasteiger partial charge on any atom is 0.338 e. The van der Waals surface area contributed by atoms with Crippen LogP contribution < -0.4 is 5.32 Å². The Morgan fingerprint density at radius 3 is 2.60 bits per heavy atom. The van der Waals surface area contributed by atoms with Gasteiger partial charge in [0.1, 0.15) is 0 Å². The zero-order chi connectivity index (χ0) is 17.8. The number of hydrogen-bond acceptors (Lipinski definition) is 3. The predicted octanol–water partition coefficient (Wildman–Crippen LogP) is 3.97. The summed E-state index contributed by atoms with van der Waals surface area (Å²) in [6.45, 7) is 1.61. The summed E-state index contributed by atoms with van der Waals surface area (Å²) < 4.78 is 6.13. The van der Waals surface area contributed by atoms with Crippen LogP contribution in [0.3, 0.4) is 0 Å². The summed E-state index contributed by atoms with van der Waals surface area (Å²) in [5, 5.41) is 2.83. The smallest absolute Gasteiger partial charge is 0.338 e. The van der Waals surface area contributed by atoms with Crippen molar-refractivity contribution in [2.24, 2.45) is 0 Å². The summed E-state index contributed by atoms with van der Waals surface area (Å²) in [6, 6.07) is 13.2. The van der Waals surface area contributed by atoms with Gasteiger partial charge in [0.05, 0.1) is 11.6 Å². The first-order valence-corrected chi connectivity index (χ1v) is 9.16. The zero-order valence-electron chi connectivity index (χ0n) is 14.0. The van der Waals surface area contributed by atoms with E-state index in [2.05, 4.69) is 21.2 Å². The number of nitrogens with one attached hydrogen (secondary N) is 1. The highest BCUT2D eigenvalue weighted by Gasteiger charge is 2.16. The maximum absolute atomic E-state index is 12.1. The standard InChI is InChI=1S/C20H20BrNO3/c1-13(14-7-9-18(21)10-8-14)22-19(23)12-25-20(24)17-6-5-15-3-2-4-16(15)11-17/h5-11,13H,2-4,12H2,1H3,(H,22,23)/t13-/m1/s1. The quantitative estimate of drug-likeness (QED) is 0.770. The van der Waals surface area contributed by atoms with E-state index < -0.39 is 5.97 Å². The number of carbonyl (C=O) groups excluding carboxylic acids is 2. The number of aryl methyl sites for hydroxylation is 2. The summed E-state index contributed by atoms with van der Waals surface area (Å²) in [4.78, 5) is 24.2. The monoisotopic (exact) mass is 401 g/mol. The van der Waals surface area contributed by atoms with E-state index in [0.29, 0.717) is 5.56 Å². The summed E-state index contributed by atoms with van der Waals surface area (Å²) in [6.07, 6.45) is 3.20. The third-order valence-electron chi connectivity index (χ3n) is 4.42. The largest absolute Gasteiger partial charge is 0.452 e. The Labute approximate surface area is 155 Å². The first kappa shape index (κ1) is 17.7. The molecule has 0 spiro atoms. The van der Waals surface area contributed by atoms with Crippen molar-refractivity contribution >= 4 is 27.8 Å².